The molecule has 5 nitrogen and oxygen atoms in total. The monoisotopic (exact) mass is 434 g/mol. The Hall–Kier alpha value is -2.60. The minimum Gasteiger partial charge on any atom is -0.349 e. The maximum Gasteiger partial charge on any atom is 0.230 e. The summed E-state index contributed by atoms with van der Waals surface area (Å²) in [5.74, 6) is 1.83. The molecule has 1 amide bonds. The number of carbonyl (C=O) groups is 1. The van der Waals surface area contributed by atoms with Gasteiger partial charge in [-0.25, -0.2) is 0 Å². The normalized spacial score (nSPS) is 15.6. The summed E-state index contributed by atoms with van der Waals surface area (Å²) < 4.78 is 2.13. The lowest BCUT2D eigenvalue weighted by atomic mass is 9.89. The smallest absolute Gasteiger partial charge is 0.230 e. The predicted molar refractivity (Wildman–Crippen MR) is 127 cm³/mol. The van der Waals surface area contributed by atoms with Gasteiger partial charge in [-0.2, -0.15) is 0 Å². The van der Waals surface area contributed by atoms with E-state index in [1.165, 1.54) is 54.6 Å². The van der Waals surface area contributed by atoms with E-state index in [9.17, 15) is 4.79 Å². The number of rotatable bonds is 8. The minimum absolute atomic E-state index is 0.00203. The number of nitrogens with zero attached hydrogens (tertiary/aromatic N) is 3. The molecule has 3 aromatic rings. The van der Waals surface area contributed by atoms with Crippen LogP contribution in [0, 0.1) is 0 Å². The van der Waals surface area contributed by atoms with Gasteiger partial charge in [0, 0.05) is 12.5 Å². The highest BCUT2D eigenvalue weighted by Crippen LogP contribution is 2.33. The Morgan fingerprint density at radius 2 is 1.97 bits per heavy atom. The molecule has 1 atom stereocenters. The van der Waals surface area contributed by atoms with Gasteiger partial charge >= 0.3 is 0 Å². The van der Waals surface area contributed by atoms with Crippen molar-refractivity contribution in [2.45, 2.75) is 62.7 Å². The summed E-state index contributed by atoms with van der Waals surface area (Å²) in [4.78, 5) is 12.7. The van der Waals surface area contributed by atoms with Gasteiger partial charge in [-0.3, -0.25) is 4.79 Å². The van der Waals surface area contributed by atoms with Crippen molar-refractivity contribution in [3.63, 3.8) is 0 Å². The Morgan fingerprint density at radius 3 is 2.77 bits per heavy atom. The van der Waals surface area contributed by atoms with Crippen LogP contribution in [-0.2, 0) is 11.3 Å². The number of carbonyl (C=O) groups excluding carboxylic acids is 1. The SMILES string of the molecule is C=CCn1c(SCC(=O)NC(C)c2cccc3ccccc23)nnc1C1CCCCC1. The van der Waals surface area contributed by atoms with Gasteiger partial charge in [0.05, 0.1) is 11.8 Å². The lowest BCUT2D eigenvalue weighted by Crippen LogP contribution is -2.28. The second kappa shape index (κ2) is 10.1. The molecule has 1 aromatic heterocycles. The number of benzene rings is 2. The number of hydrogen-bond acceptors (Lipinski definition) is 4. The average Bonchev–Trinajstić information content (AvgIpc) is 3.20. The molecule has 1 aliphatic rings. The Labute approximate surface area is 188 Å². The summed E-state index contributed by atoms with van der Waals surface area (Å²) in [7, 11) is 0. The van der Waals surface area contributed by atoms with E-state index in [0.717, 1.165) is 16.5 Å². The van der Waals surface area contributed by atoms with Gasteiger partial charge in [0.25, 0.3) is 0 Å². The fraction of sp³-hybridized carbons (Fsp3) is 0.400. The highest BCUT2D eigenvalue weighted by atomic mass is 32.2. The largest absolute Gasteiger partial charge is 0.349 e. The Balaban J connectivity index is 1.41. The standard InChI is InChI=1S/C25H30N4OS/c1-3-16-29-24(20-11-5-4-6-12-20)27-28-25(29)31-17-23(30)26-18(2)21-15-9-13-19-10-7-8-14-22(19)21/h3,7-10,13-15,18,20H,1,4-6,11-12,16-17H2,2H3,(H,26,30). The first-order valence-corrected chi connectivity index (χ1v) is 12.1. The zero-order valence-electron chi connectivity index (χ0n) is 18.1. The molecule has 0 aliphatic heterocycles. The molecule has 0 saturated heterocycles. The summed E-state index contributed by atoms with van der Waals surface area (Å²) in [5.41, 5.74) is 1.13. The van der Waals surface area contributed by atoms with E-state index in [4.69, 9.17) is 0 Å². The maximum absolute atomic E-state index is 12.7. The molecule has 1 unspecified atom stereocenters. The molecule has 1 N–H and O–H groups in total. The molecule has 2 aromatic carbocycles. The van der Waals surface area contributed by atoms with Gasteiger partial charge in [-0.1, -0.05) is 79.6 Å². The van der Waals surface area contributed by atoms with E-state index in [-0.39, 0.29) is 11.9 Å². The van der Waals surface area contributed by atoms with Crippen LogP contribution in [0.1, 0.15) is 62.4 Å². The first-order chi connectivity index (χ1) is 15.2. The number of thioether (sulfide) groups is 1. The van der Waals surface area contributed by atoms with Crippen molar-refractivity contribution >= 4 is 28.4 Å². The Kier molecular flexibility index (Phi) is 7.07. The van der Waals surface area contributed by atoms with Crippen LogP contribution in [0.5, 0.6) is 0 Å². The van der Waals surface area contributed by atoms with Gasteiger partial charge in [0.1, 0.15) is 5.82 Å². The van der Waals surface area contributed by atoms with Crippen LogP contribution < -0.4 is 5.32 Å². The van der Waals surface area contributed by atoms with Gasteiger partial charge in [0.2, 0.25) is 5.91 Å². The molecule has 4 rings (SSSR count). The number of nitrogens with one attached hydrogen (secondary N) is 1. The molecular weight excluding hydrogens is 404 g/mol. The third-order valence-corrected chi connectivity index (χ3v) is 6.99. The van der Waals surface area contributed by atoms with Crippen molar-refractivity contribution in [1.29, 1.82) is 0 Å². The van der Waals surface area contributed by atoms with E-state index in [2.05, 4.69) is 50.9 Å². The molecule has 6 heteroatoms. The highest BCUT2D eigenvalue weighted by molar-refractivity contribution is 7.99. The zero-order valence-corrected chi connectivity index (χ0v) is 18.9. The zero-order chi connectivity index (χ0) is 21.6. The van der Waals surface area contributed by atoms with E-state index in [1.54, 1.807) is 0 Å². The molecule has 0 bridgehead atoms. The Bertz CT molecular complexity index is 1050. The minimum atomic E-state index is -0.0666. The summed E-state index contributed by atoms with van der Waals surface area (Å²) in [6.07, 6.45) is 8.03. The van der Waals surface area contributed by atoms with Crippen LogP contribution in [-0.4, -0.2) is 26.4 Å². The second-order valence-corrected chi connectivity index (χ2v) is 9.16. The predicted octanol–water partition coefficient (Wildman–Crippen LogP) is 5.63. The fourth-order valence-corrected chi connectivity index (χ4v) is 5.26. The quantitative estimate of drug-likeness (QED) is 0.368. The van der Waals surface area contributed by atoms with E-state index >= 15 is 0 Å². The van der Waals surface area contributed by atoms with Gasteiger partial charge in [0.15, 0.2) is 5.16 Å². The van der Waals surface area contributed by atoms with Crippen LogP contribution in [0.4, 0.5) is 0 Å². The summed E-state index contributed by atoms with van der Waals surface area (Å²) in [5, 5.41) is 15.2. The van der Waals surface area contributed by atoms with Crippen molar-refractivity contribution < 1.29 is 4.79 Å². The molecule has 0 radical (unpaired) electrons. The van der Waals surface area contributed by atoms with Gasteiger partial charge in [-0.15, -0.1) is 16.8 Å². The summed E-state index contributed by atoms with van der Waals surface area (Å²) in [6.45, 7) is 6.60. The van der Waals surface area contributed by atoms with Crippen molar-refractivity contribution in [3.8, 4) is 0 Å². The van der Waals surface area contributed by atoms with Crippen LogP contribution >= 0.6 is 11.8 Å². The van der Waals surface area contributed by atoms with Gasteiger partial charge < -0.3 is 9.88 Å². The third kappa shape index (κ3) is 5.01. The van der Waals surface area contributed by atoms with E-state index in [0.29, 0.717) is 18.2 Å². The first kappa shape index (κ1) is 21.6. The van der Waals surface area contributed by atoms with Crippen molar-refractivity contribution in [2.75, 3.05) is 5.75 Å². The topological polar surface area (TPSA) is 59.8 Å². The first-order valence-electron chi connectivity index (χ1n) is 11.1. The number of hydrogen-bond donors (Lipinski definition) is 1. The Morgan fingerprint density at radius 1 is 1.19 bits per heavy atom. The van der Waals surface area contributed by atoms with Crippen molar-refractivity contribution in [2.24, 2.45) is 0 Å². The summed E-state index contributed by atoms with van der Waals surface area (Å²) >= 11 is 1.45. The fourth-order valence-electron chi connectivity index (χ4n) is 4.49. The molecule has 1 heterocycles. The van der Waals surface area contributed by atoms with Crippen LogP contribution in [0.25, 0.3) is 10.8 Å². The molecule has 0 spiro atoms. The molecule has 162 valence electrons. The number of allylic oxidation sites excluding steroid dienone is 1. The number of amides is 1. The average molecular weight is 435 g/mol. The number of fused-ring (bicyclic) bond motifs is 1. The molecular formula is C25H30N4OS. The lowest BCUT2D eigenvalue weighted by Gasteiger charge is -2.21. The lowest BCUT2D eigenvalue weighted by molar-refractivity contribution is -0.119. The molecule has 1 fully saturated rings. The molecule has 31 heavy (non-hydrogen) atoms. The number of aromatic nitrogens is 3. The van der Waals surface area contributed by atoms with Crippen LogP contribution in [0.2, 0.25) is 0 Å². The van der Waals surface area contributed by atoms with Crippen molar-refractivity contribution in [3.05, 3.63) is 66.5 Å². The molecule has 1 aliphatic carbocycles. The van der Waals surface area contributed by atoms with Crippen LogP contribution in [0.15, 0.2) is 60.3 Å². The van der Waals surface area contributed by atoms with Crippen LogP contribution in [0.3, 0.4) is 0 Å². The second-order valence-electron chi connectivity index (χ2n) is 8.22. The van der Waals surface area contributed by atoms with E-state index < -0.39 is 0 Å². The maximum atomic E-state index is 12.7. The third-order valence-electron chi connectivity index (χ3n) is 6.03. The molecule has 1 saturated carbocycles. The van der Waals surface area contributed by atoms with Crippen molar-refractivity contribution in [1.82, 2.24) is 20.1 Å². The summed E-state index contributed by atoms with van der Waals surface area (Å²) in [6, 6.07) is 14.4. The highest BCUT2D eigenvalue weighted by Gasteiger charge is 2.23. The van der Waals surface area contributed by atoms with E-state index in [1.807, 2.05) is 31.2 Å². The van der Waals surface area contributed by atoms with Gasteiger partial charge in [-0.05, 0) is 36.1 Å².